The molecule has 116 valence electrons. The molecule has 1 unspecified atom stereocenters. The fourth-order valence-corrected chi connectivity index (χ4v) is 1.75. The van der Waals surface area contributed by atoms with Gasteiger partial charge in [-0.15, -0.1) is 0 Å². The molecular formula is C11H20N2O5S2. The maximum Gasteiger partial charge on any atom is 0.329 e. The Morgan fingerprint density at radius 2 is 2.10 bits per heavy atom. The van der Waals surface area contributed by atoms with E-state index in [2.05, 4.69) is 23.3 Å². The van der Waals surface area contributed by atoms with Gasteiger partial charge < -0.3 is 25.2 Å². The summed E-state index contributed by atoms with van der Waals surface area (Å²) in [6.07, 6.45) is 0.487. The lowest BCUT2D eigenvalue weighted by Gasteiger charge is -2.19. The van der Waals surface area contributed by atoms with Crippen molar-refractivity contribution in [2.45, 2.75) is 12.5 Å². The van der Waals surface area contributed by atoms with Gasteiger partial charge in [-0.1, -0.05) is 12.2 Å². The van der Waals surface area contributed by atoms with E-state index in [-0.39, 0.29) is 17.5 Å². The third kappa shape index (κ3) is 9.96. The maximum atomic E-state index is 11.9. The van der Waals surface area contributed by atoms with Crippen molar-refractivity contribution < 1.29 is 24.2 Å². The van der Waals surface area contributed by atoms with Crippen LogP contribution in [0.1, 0.15) is 6.42 Å². The van der Waals surface area contributed by atoms with Gasteiger partial charge in [0.25, 0.3) is 0 Å². The molecule has 0 aromatic carbocycles. The minimum Gasteiger partial charge on any atom is -0.480 e. The molecule has 0 fully saturated rings. The van der Waals surface area contributed by atoms with Gasteiger partial charge in [-0.3, -0.25) is 4.79 Å². The zero-order valence-electron chi connectivity index (χ0n) is 11.3. The van der Waals surface area contributed by atoms with Gasteiger partial charge in [0.1, 0.15) is 17.6 Å². The molecule has 0 aliphatic rings. The van der Waals surface area contributed by atoms with Crippen LogP contribution in [0.2, 0.25) is 0 Å². The highest BCUT2D eigenvalue weighted by atomic mass is 32.1. The number of hydrogen-bond acceptors (Lipinski definition) is 6. The first-order valence-corrected chi connectivity index (χ1v) is 7.01. The largest absolute Gasteiger partial charge is 0.480 e. The van der Waals surface area contributed by atoms with Crippen LogP contribution in [0.5, 0.6) is 0 Å². The fraction of sp³-hybridized carbons (Fsp3) is 0.727. The first kappa shape index (κ1) is 19.1. The monoisotopic (exact) mass is 324 g/mol. The Labute approximate surface area is 128 Å². The first-order chi connectivity index (χ1) is 9.51. The van der Waals surface area contributed by atoms with Crippen molar-refractivity contribution in [1.82, 2.24) is 10.6 Å². The smallest absolute Gasteiger partial charge is 0.329 e. The molecule has 0 bridgehead atoms. The number of amides is 1. The maximum absolute atomic E-state index is 11.9. The molecule has 0 saturated carbocycles. The number of carbonyl (C=O) groups excluding carboxylic acids is 1. The molecule has 0 radical (unpaired) electrons. The lowest BCUT2D eigenvalue weighted by Crippen LogP contribution is -2.48. The van der Waals surface area contributed by atoms with Gasteiger partial charge in [0.05, 0.1) is 13.2 Å². The van der Waals surface area contributed by atoms with Crippen LogP contribution in [0.3, 0.4) is 0 Å². The average molecular weight is 324 g/mol. The molecule has 7 nitrogen and oxygen atoms in total. The molecule has 20 heavy (non-hydrogen) atoms. The Bertz CT molecular complexity index is 328. The van der Waals surface area contributed by atoms with Crippen molar-refractivity contribution in [3.8, 4) is 0 Å². The van der Waals surface area contributed by atoms with E-state index in [0.717, 1.165) is 0 Å². The number of ether oxygens (including phenoxy) is 2. The number of hydrogen-bond donors (Lipinski definition) is 4. The number of nitrogens with one attached hydrogen (secondary N) is 2. The zero-order valence-corrected chi connectivity index (χ0v) is 13.0. The second kappa shape index (κ2) is 11.9. The van der Waals surface area contributed by atoms with Crippen LogP contribution in [-0.2, 0) is 19.1 Å². The highest BCUT2D eigenvalue weighted by Crippen LogP contribution is 1.96. The van der Waals surface area contributed by atoms with E-state index < -0.39 is 18.6 Å². The molecule has 0 aromatic heterocycles. The van der Waals surface area contributed by atoms with Crippen molar-refractivity contribution in [3.05, 3.63) is 0 Å². The van der Waals surface area contributed by atoms with Gasteiger partial charge in [-0.25, -0.2) is 4.79 Å². The fourth-order valence-electron chi connectivity index (χ4n) is 1.26. The summed E-state index contributed by atoms with van der Waals surface area (Å²) >= 11 is 9.08. The SMILES string of the molecule is COCCNC(=O)C(CCS)NC(=S)COCC(=O)O. The van der Waals surface area contributed by atoms with Crippen molar-refractivity contribution in [2.24, 2.45) is 0 Å². The van der Waals surface area contributed by atoms with E-state index in [1.807, 2.05) is 0 Å². The molecule has 1 atom stereocenters. The zero-order chi connectivity index (χ0) is 15.4. The standard InChI is InChI=1S/C11H20N2O5S2/c1-17-4-3-12-11(16)8(2-5-19)13-9(20)6-18-7-10(14)15/h8,19H,2-7H2,1H3,(H,12,16)(H,13,20)(H,14,15). The molecule has 0 aromatic rings. The number of carboxylic acids is 1. The Morgan fingerprint density at radius 1 is 1.40 bits per heavy atom. The molecule has 0 aliphatic carbocycles. The number of methoxy groups -OCH3 is 1. The molecule has 0 aliphatic heterocycles. The predicted molar refractivity (Wildman–Crippen MR) is 81.3 cm³/mol. The summed E-state index contributed by atoms with van der Waals surface area (Å²) in [5, 5.41) is 13.9. The van der Waals surface area contributed by atoms with Crippen LogP contribution < -0.4 is 10.6 Å². The van der Waals surface area contributed by atoms with Gasteiger partial charge in [0.15, 0.2) is 0 Å². The molecule has 0 rings (SSSR count). The third-order valence-corrected chi connectivity index (χ3v) is 2.63. The predicted octanol–water partition coefficient (Wildman–Crippen LogP) is -0.544. The molecule has 9 heteroatoms. The average Bonchev–Trinajstić information content (AvgIpc) is 2.38. The summed E-state index contributed by atoms with van der Waals surface area (Å²) in [6.45, 7) is 0.350. The first-order valence-electron chi connectivity index (χ1n) is 5.97. The third-order valence-electron chi connectivity index (χ3n) is 2.13. The lowest BCUT2D eigenvalue weighted by molar-refractivity contribution is -0.141. The molecular weight excluding hydrogens is 304 g/mol. The molecule has 3 N–H and O–H groups in total. The Kier molecular flexibility index (Phi) is 11.4. The van der Waals surface area contributed by atoms with Crippen LogP contribution in [0.4, 0.5) is 0 Å². The minimum absolute atomic E-state index is 0.0456. The summed E-state index contributed by atoms with van der Waals surface area (Å²) in [6, 6.07) is -0.523. The summed E-state index contributed by atoms with van der Waals surface area (Å²) < 4.78 is 9.68. The highest BCUT2D eigenvalue weighted by molar-refractivity contribution is 7.80. The Morgan fingerprint density at radius 3 is 2.65 bits per heavy atom. The minimum atomic E-state index is -1.07. The van der Waals surface area contributed by atoms with Crippen LogP contribution in [-0.4, -0.2) is 67.2 Å². The van der Waals surface area contributed by atoms with Crippen molar-refractivity contribution in [3.63, 3.8) is 0 Å². The molecule has 0 spiro atoms. The van der Waals surface area contributed by atoms with Crippen LogP contribution >= 0.6 is 24.8 Å². The summed E-state index contributed by atoms with van der Waals surface area (Å²) in [7, 11) is 1.55. The topological polar surface area (TPSA) is 96.9 Å². The normalized spacial score (nSPS) is 11.7. The number of thiocarbonyl (C=S) groups is 1. The summed E-state index contributed by atoms with van der Waals surface area (Å²) in [5.74, 6) is -0.776. The molecule has 1 amide bonds. The van der Waals surface area contributed by atoms with Gasteiger partial charge in [0, 0.05) is 13.7 Å². The number of rotatable bonds is 11. The summed E-state index contributed by atoms with van der Waals surface area (Å²) in [4.78, 5) is 22.4. The second-order valence-electron chi connectivity index (χ2n) is 3.80. The molecule has 0 saturated heterocycles. The number of thiol groups is 1. The van der Waals surface area contributed by atoms with E-state index in [1.54, 1.807) is 7.11 Å². The van der Waals surface area contributed by atoms with E-state index >= 15 is 0 Å². The van der Waals surface area contributed by atoms with E-state index in [1.165, 1.54) is 0 Å². The summed E-state index contributed by atoms with van der Waals surface area (Å²) in [5.41, 5.74) is 0. The number of carbonyl (C=O) groups is 2. The number of carboxylic acid groups (broad SMARTS) is 1. The van der Waals surface area contributed by atoms with E-state index in [0.29, 0.717) is 25.3 Å². The van der Waals surface area contributed by atoms with Crippen LogP contribution in [0, 0.1) is 0 Å². The van der Waals surface area contributed by atoms with E-state index in [4.69, 9.17) is 26.8 Å². The van der Waals surface area contributed by atoms with Crippen molar-refractivity contribution in [1.29, 1.82) is 0 Å². The van der Waals surface area contributed by atoms with Crippen LogP contribution in [0.15, 0.2) is 0 Å². The highest BCUT2D eigenvalue weighted by Gasteiger charge is 2.18. The van der Waals surface area contributed by atoms with Gasteiger partial charge in [-0.2, -0.15) is 12.6 Å². The van der Waals surface area contributed by atoms with Gasteiger partial charge in [0.2, 0.25) is 5.91 Å². The Hall–Kier alpha value is -0.900. The molecule has 0 heterocycles. The Balaban J connectivity index is 4.13. The number of aliphatic carboxylic acids is 1. The van der Waals surface area contributed by atoms with Gasteiger partial charge >= 0.3 is 5.97 Å². The quantitative estimate of drug-likeness (QED) is 0.230. The van der Waals surface area contributed by atoms with Crippen molar-refractivity contribution in [2.75, 3.05) is 39.2 Å². The lowest BCUT2D eigenvalue weighted by atomic mass is 10.2. The second-order valence-corrected chi connectivity index (χ2v) is 4.74. The van der Waals surface area contributed by atoms with E-state index in [9.17, 15) is 9.59 Å². The van der Waals surface area contributed by atoms with Gasteiger partial charge in [-0.05, 0) is 12.2 Å². The van der Waals surface area contributed by atoms with Crippen molar-refractivity contribution >= 4 is 41.7 Å². The van der Waals surface area contributed by atoms with Crippen LogP contribution in [0.25, 0.3) is 0 Å².